The standard InChI is InChI=1S/C14H17O3/c1-10-7-8-13(12(15)9-10)17-14(16)11-5-3-2-4-6-11/h2-6,10,12-13,15H,1,7-9H2. The third-order valence-corrected chi connectivity index (χ3v) is 3.13. The largest absolute Gasteiger partial charge is 0.456 e. The van der Waals surface area contributed by atoms with E-state index in [2.05, 4.69) is 6.92 Å². The summed E-state index contributed by atoms with van der Waals surface area (Å²) in [5.41, 5.74) is 0.524. The van der Waals surface area contributed by atoms with Crippen LogP contribution in [0, 0.1) is 12.8 Å². The van der Waals surface area contributed by atoms with Gasteiger partial charge in [0.05, 0.1) is 11.7 Å². The van der Waals surface area contributed by atoms with E-state index < -0.39 is 6.10 Å². The Morgan fingerprint density at radius 1 is 1.29 bits per heavy atom. The molecule has 3 atom stereocenters. The van der Waals surface area contributed by atoms with Crippen LogP contribution in [0.25, 0.3) is 0 Å². The molecule has 0 aromatic heterocycles. The first-order chi connectivity index (χ1) is 8.16. The Balaban J connectivity index is 1.95. The highest BCUT2D eigenvalue weighted by Gasteiger charge is 2.30. The number of ether oxygens (including phenoxy) is 1. The van der Waals surface area contributed by atoms with E-state index in [1.54, 1.807) is 24.3 Å². The predicted molar refractivity (Wildman–Crippen MR) is 64.4 cm³/mol. The molecule has 91 valence electrons. The average molecular weight is 233 g/mol. The second-order valence-corrected chi connectivity index (χ2v) is 4.56. The maximum Gasteiger partial charge on any atom is 0.338 e. The van der Waals surface area contributed by atoms with Crippen molar-refractivity contribution in [1.29, 1.82) is 0 Å². The van der Waals surface area contributed by atoms with Gasteiger partial charge < -0.3 is 9.84 Å². The van der Waals surface area contributed by atoms with E-state index in [1.807, 2.05) is 6.07 Å². The topological polar surface area (TPSA) is 46.5 Å². The van der Waals surface area contributed by atoms with Crippen LogP contribution < -0.4 is 0 Å². The zero-order chi connectivity index (χ0) is 12.3. The smallest absolute Gasteiger partial charge is 0.338 e. The van der Waals surface area contributed by atoms with E-state index in [0.717, 1.165) is 6.42 Å². The summed E-state index contributed by atoms with van der Waals surface area (Å²) in [6.07, 6.45) is 1.21. The van der Waals surface area contributed by atoms with Gasteiger partial charge in [0.15, 0.2) is 0 Å². The predicted octanol–water partition coefficient (Wildman–Crippen LogP) is 2.21. The second kappa shape index (κ2) is 5.32. The first-order valence-electron chi connectivity index (χ1n) is 5.94. The quantitative estimate of drug-likeness (QED) is 0.797. The molecule has 1 saturated carbocycles. The van der Waals surface area contributed by atoms with Gasteiger partial charge in [-0.1, -0.05) is 25.1 Å². The molecule has 3 unspecified atom stereocenters. The van der Waals surface area contributed by atoms with Gasteiger partial charge in [-0.3, -0.25) is 0 Å². The van der Waals surface area contributed by atoms with Gasteiger partial charge in [-0.05, 0) is 37.3 Å². The summed E-state index contributed by atoms with van der Waals surface area (Å²) >= 11 is 0. The number of hydrogen-bond donors (Lipinski definition) is 1. The van der Waals surface area contributed by atoms with Gasteiger partial charge in [-0.25, -0.2) is 4.79 Å². The summed E-state index contributed by atoms with van der Waals surface area (Å²) in [7, 11) is 0. The summed E-state index contributed by atoms with van der Waals surface area (Å²) in [5.74, 6) is -0.103. The van der Waals surface area contributed by atoms with Crippen molar-refractivity contribution in [2.24, 2.45) is 5.92 Å². The number of esters is 1. The van der Waals surface area contributed by atoms with Crippen molar-refractivity contribution in [2.45, 2.75) is 31.5 Å². The number of benzene rings is 1. The molecule has 1 fully saturated rings. The third-order valence-electron chi connectivity index (χ3n) is 3.13. The zero-order valence-corrected chi connectivity index (χ0v) is 9.71. The van der Waals surface area contributed by atoms with Gasteiger partial charge in [-0.15, -0.1) is 0 Å². The van der Waals surface area contributed by atoms with Gasteiger partial charge in [-0.2, -0.15) is 0 Å². The lowest BCUT2D eigenvalue weighted by molar-refractivity contribution is -0.0430. The van der Waals surface area contributed by atoms with Crippen LogP contribution in [0.2, 0.25) is 0 Å². The monoisotopic (exact) mass is 233 g/mol. The van der Waals surface area contributed by atoms with Crippen LogP contribution in [0.15, 0.2) is 30.3 Å². The second-order valence-electron chi connectivity index (χ2n) is 4.56. The van der Waals surface area contributed by atoms with Crippen molar-refractivity contribution < 1.29 is 14.6 Å². The number of rotatable bonds is 2. The maximum atomic E-state index is 11.8. The fourth-order valence-corrected chi connectivity index (χ4v) is 2.12. The van der Waals surface area contributed by atoms with Crippen LogP contribution in [-0.4, -0.2) is 23.3 Å². The molecule has 0 saturated heterocycles. The average Bonchev–Trinajstić information content (AvgIpc) is 2.34. The molecule has 2 rings (SSSR count). The first kappa shape index (κ1) is 12.1. The molecule has 1 radical (unpaired) electrons. The first-order valence-corrected chi connectivity index (χ1v) is 5.94. The Labute approximate surface area is 101 Å². The lowest BCUT2D eigenvalue weighted by Gasteiger charge is -2.30. The van der Waals surface area contributed by atoms with Gasteiger partial charge in [0.2, 0.25) is 0 Å². The molecule has 0 bridgehead atoms. The Hall–Kier alpha value is -1.35. The van der Waals surface area contributed by atoms with Crippen LogP contribution in [0.4, 0.5) is 0 Å². The summed E-state index contributed by atoms with van der Waals surface area (Å²) in [6, 6.07) is 8.85. The summed E-state index contributed by atoms with van der Waals surface area (Å²) in [5, 5.41) is 9.82. The Kier molecular flexibility index (Phi) is 3.79. The number of hydrogen-bond acceptors (Lipinski definition) is 3. The van der Waals surface area contributed by atoms with Gasteiger partial charge in [0, 0.05) is 0 Å². The molecular weight excluding hydrogens is 216 g/mol. The minimum atomic E-state index is -0.584. The minimum Gasteiger partial charge on any atom is -0.456 e. The van der Waals surface area contributed by atoms with Gasteiger partial charge in [0.25, 0.3) is 0 Å². The van der Waals surface area contributed by atoms with Crippen LogP contribution in [0.3, 0.4) is 0 Å². The van der Waals surface area contributed by atoms with Crippen molar-refractivity contribution in [1.82, 2.24) is 0 Å². The number of aliphatic hydroxyl groups excluding tert-OH is 1. The fraction of sp³-hybridized carbons (Fsp3) is 0.429. The van der Waals surface area contributed by atoms with Crippen LogP contribution in [0.1, 0.15) is 29.6 Å². The molecule has 3 nitrogen and oxygen atoms in total. The highest BCUT2D eigenvalue weighted by molar-refractivity contribution is 5.89. The molecule has 1 aromatic rings. The van der Waals surface area contributed by atoms with Crippen molar-refractivity contribution >= 4 is 5.97 Å². The molecule has 1 aliphatic rings. The van der Waals surface area contributed by atoms with E-state index in [9.17, 15) is 9.90 Å². The normalized spacial score (nSPS) is 28.7. The molecule has 0 spiro atoms. The highest BCUT2D eigenvalue weighted by atomic mass is 16.6. The zero-order valence-electron chi connectivity index (χ0n) is 9.71. The molecule has 1 N–H and O–H groups in total. The molecule has 3 heteroatoms. The van der Waals surface area contributed by atoms with Crippen molar-refractivity contribution in [3.8, 4) is 0 Å². The number of carbonyl (C=O) groups is 1. The summed E-state index contributed by atoms with van der Waals surface area (Å²) in [4.78, 5) is 11.8. The number of aliphatic hydroxyl groups is 1. The maximum absolute atomic E-state index is 11.8. The molecule has 0 amide bonds. The summed E-state index contributed by atoms with van der Waals surface area (Å²) < 4.78 is 5.32. The lowest BCUT2D eigenvalue weighted by atomic mass is 9.86. The Morgan fingerprint density at radius 2 is 2.00 bits per heavy atom. The molecule has 0 heterocycles. The summed E-state index contributed by atoms with van der Waals surface area (Å²) in [6.45, 7) is 3.92. The number of carbonyl (C=O) groups excluding carboxylic acids is 1. The Morgan fingerprint density at radius 3 is 2.65 bits per heavy atom. The van der Waals surface area contributed by atoms with Crippen molar-refractivity contribution in [3.63, 3.8) is 0 Å². The molecule has 1 aromatic carbocycles. The lowest BCUT2D eigenvalue weighted by Crippen LogP contribution is -2.36. The van der Waals surface area contributed by atoms with Crippen LogP contribution in [0.5, 0.6) is 0 Å². The van der Waals surface area contributed by atoms with E-state index in [-0.39, 0.29) is 18.0 Å². The minimum absolute atomic E-state index is 0.261. The van der Waals surface area contributed by atoms with Gasteiger partial charge in [0.1, 0.15) is 6.10 Å². The van der Waals surface area contributed by atoms with Crippen molar-refractivity contribution in [3.05, 3.63) is 42.8 Å². The van der Waals surface area contributed by atoms with E-state index >= 15 is 0 Å². The molecule has 17 heavy (non-hydrogen) atoms. The molecular formula is C14H17O3. The van der Waals surface area contributed by atoms with Crippen molar-refractivity contribution in [2.75, 3.05) is 0 Å². The van der Waals surface area contributed by atoms with E-state index in [0.29, 0.717) is 18.4 Å². The molecule has 0 aliphatic heterocycles. The SMILES string of the molecule is [CH2]C1CCC(OC(=O)c2ccccc2)C(O)C1. The van der Waals surface area contributed by atoms with E-state index in [1.165, 1.54) is 0 Å². The van der Waals surface area contributed by atoms with Gasteiger partial charge >= 0.3 is 5.97 Å². The molecule has 1 aliphatic carbocycles. The van der Waals surface area contributed by atoms with E-state index in [4.69, 9.17) is 4.74 Å². The fourth-order valence-electron chi connectivity index (χ4n) is 2.12. The van der Waals surface area contributed by atoms with Crippen LogP contribution in [-0.2, 0) is 4.74 Å². The Bertz CT molecular complexity index is 374. The van der Waals surface area contributed by atoms with Crippen LogP contribution >= 0.6 is 0 Å². The third kappa shape index (κ3) is 3.07. The highest BCUT2D eigenvalue weighted by Crippen LogP contribution is 2.26.